The third-order valence-corrected chi connectivity index (χ3v) is 6.57. The van der Waals surface area contributed by atoms with Crippen molar-refractivity contribution >= 4 is 22.9 Å². The zero-order valence-electron chi connectivity index (χ0n) is 18.0. The molecule has 0 spiro atoms. The molecule has 0 N–H and O–H groups in total. The number of benzene rings is 2. The summed E-state index contributed by atoms with van der Waals surface area (Å²) in [6, 6.07) is 19.4. The first kappa shape index (κ1) is 21.2. The summed E-state index contributed by atoms with van der Waals surface area (Å²) in [5.74, 6) is 1.38. The first-order valence-electron chi connectivity index (χ1n) is 10.4. The van der Waals surface area contributed by atoms with Gasteiger partial charge in [0.15, 0.2) is 16.3 Å². The van der Waals surface area contributed by atoms with Crippen LogP contribution in [0.15, 0.2) is 75.4 Å². The largest absolute Gasteiger partial charge is 0.333 e. The Kier molecular flexibility index (Phi) is 6.13. The lowest BCUT2D eigenvalue weighted by atomic mass is 10.2. The highest BCUT2D eigenvalue weighted by molar-refractivity contribution is 7.99. The number of imidazole rings is 1. The molecule has 2 aromatic carbocycles. The highest BCUT2D eigenvalue weighted by atomic mass is 32.2. The number of nitrogens with zero attached hydrogens (tertiary/aromatic N) is 4. The summed E-state index contributed by atoms with van der Waals surface area (Å²) >= 11 is 1.61. The van der Waals surface area contributed by atoms with E-state index in [9.17, 15) is 9.59 Å². The molecule has 0 fully saturated rings. The van der Waals surface area contributed by atoms with Gasteiger partial charge in [-0.2, -0.15) is 0 Å². The van der Waals surface area contributed by atoms with Crippen molar-refractivity contribution in [1.29, 1.82) is 0 Å². The van der Waals surface area contributed by atoms with Crippen molar-refractivity contribution in [2.75, 3.05) is 5.75 Å². The molecule has 0 unspecified atom stereocenters. The Hall–Kier alpha value is -3.06. The predicted octanol–water partition coefficient (Wildman–Crippen LogP) is 3.74. The summed E-state index contributed by atoms with van der Waals surface area (Å²) < 4.78 is 4.76. The molecule has 2 heterocycles. The van der Waals surface area contributed by atoms with E-state index in [1.54, 1.807) is 16.3 Å². The molecule has 31 heavy (non-hydrogen) atoms. The van der Waals surface area contributed by atoms with E-state index < -0.39 is 0 Å². The monoisotopic (exact) mass is 434 g/mol. The summed E-state index contributed by atoms with van der Waals surface area (Å²) in [5.41, 5.74) is 2.14. The summed E-state index contributed by atoms with van der Waals surface area (Å²) in [6.45, 7) is 4.88. The minimum absolute atomic E-state index is 0.225. The van der Waals surface area contributed by atoms with Gasteiger partial charge in [0.05, 0.1) is 13.1 Å². The van der Waals surface area contributed by atoms with Crippen LogP contribution >= 0.6 is 11.8 Å². The molecule has 6 nitrogen and oxygen atoms in total. The maximum absolute atomic E-state index is 13.5. The van der Waals surface area contributed by atoms with Gasteiger partial charge in [-0.05, 0) is 17.0 Å². The molecular formula is C24H26N4O2S. The number of rotatable bonds is 7. The fraction of sp³-hybridized carbons (Fsp3) is 0.292. The molecule has 0 atom stereocenters. The Balaban J connectivity index is 1.92. The lowest BCUT2D eigenvalue weighted by Crippen LogP contribution is -2.41. The molecule has 0 aliphatic rings. The van der Waals surface area contributed by atoms with Crippen LogP contribution in [0.4, 0.5) is 0 Å². The second-order valence-electron chi connectivity index (χ2n) is 8.06. The number of aryl methyl sites for hydroxylation is 1. The van der Waals surface area contributed by atoms with Gasteiger partial charge in [0, 0.05) is 12.8 Å². The average molecular weight is 435 g/mol. The van der Waals surface area contributed by atoms with Crippen molar-refractivity contribution in [2.24, 2.45) is 13.0 Å². The molecule has 0 radical (unpaired) electrons. The highest BCUT2D eigenvalue weighted by Crippen LogP contribution is 2.23. The van der Waals surface area contributed by atoms with E-state index >= 15 is 0 Å². The minimum atomic E-state index is -0.344. The molecule has 4 aromatic rings. The number of fused-ring (bicyclic) bond motifs is 1. The van der Waals surface area contributed by atoms with E-state index in [1.807, 2.05) is 72.3 Å². The van der Waals surface area contributed by atoms with Crippen molar-refractivity contribution in [2.45, 2.75) is 32.1 Å². The van der Waals surface area contributed by atoms with Gasteiger partial charge in [-0.25, -0.2) is 9.78 Å². The van der Waals surface area contributed by atoms with Crippen LogP contribution in [0.2, 0.25) is 0 Å². The molecule has 0 bridgehead atoms. The SMILES string of the molecule is CC(C)CSc1nc2c(c(=O)n(Cc3ccccc3)c(=O)n2Cc2ccccc2)n1C. The molecule has 7 heteroatoms. The summed E-state index contributed by atoms with van der Waals surface area (Å²) in [6.07, 6.45) is 0. The second kappa shape index (κ2) is 8.98. The second-order valence-corrected chi connectivity index (χ2v) is 9.05. The Morgan fingerprint density at radius 3 is 1.97 bits per heavy atom. The lowest BCUT2D eigenvalue weighted by molar-refractivity contribution is 0.629. The molecule has 0 aliphatic carbocycles. The number of hydrogen-bond donors (Lipinski definition) is 0. The molecule has 0 aliphatic heterocycles. The van der Waals surface area contributed by atoms with Crippen molar-refractivity contribution in [1.82, 2.24) is 18.7 Å². The van der Waals surface area contributed by atoms with Gasteiger partial charge in [0.25, 0.3) is 5.56 Å². The minimum Gasteiger partial charge on any atom is -0.316 e. The first-order chi connectivity index (χ1) is 15.0. The van der Waals surface area contributed by atoms with Crippen LogP contribution in [-0.4, -0.2) is 24.4 Å². The fourth-order valence-corrected chi connectivity index (χ4v) is 4.45. The van der Waals surface area contributed by atoms with Gasteiger partial charge in [-0.3, -0.25) is 13.9 Å². The Labute approximate surface area is 185 Å². The zero-order chi connectivity index (χ0) is 22.0. The van der Waals surface area contributed by atoms with Gasteiger partial charge in [0.2, 0.25) is 0 Å². The Morgan fingerprint density at radius 1 is 0.871 bits per heavy atom. The Bertz CT molecular complexity index is 1300. The third-order valence-electron chi connectivity index (χ3n) is 5.11. The van der Waals surface area contributed by atoms with Crippen LogP contribution in [0, 0.1) is 5.92 Å². The fourth-order valence-electron chi connectivity index (χ4n) is 3.53. The van der Waals surface area contributed by atoms with Crippen molar-refractivity contribution < 1.29 is 0 Å². The molecule has 160 valence electrons. The van der Waals surface area contributed by atoms with Crippen LogP contribution in [0.3, 0.4) is 0 Å². The first-order valence-corrected chi connectivity index (χ1v) is 11.3. The maximum Gasteiger partial charge on any atom is 0.333 e. The van der Waals surface area contributed by atoms with E-state index in [2.05, 4.69) is 13.8 Å². The van der Waals surface area contributed by atoms with Crippen LogP contribution in [0.1, 0.15) is 25.0 Å². The number of thioether (sulfide) groups is 1. The van der Waals surface area contributed by atoms with Crippen LogP contribution in [0.5, 0.6) is 0 Å². The van der Waals surface area contributed by atoms with Gasteiger partial charge >= 0.3 is 5.69 Å². The maximum atomic E-state index is 13.5. The van der Waals surface area contributed by atoms with Crippen LogP contribution in [-0.2, 0) is 20.1 Å². The normalized spacial score (nSPS) is 11.5. The molecule has 0 saturated carbocycles. The van der Waals surface area contributed by atoms with Gasteiger partial charge in [-0.1, -0.05) is 86.3 Å². The quantitative estimate of drug-likeness (QED) is 0.416. The number of aromatic nitrogens is 4. The smallest absolute Gasteiger partial charge is 0.316 e. The molecule has 0 saturated heterocycles. The van der Waals surface area contributed by atoms with E-state index in [4.69, 9.17) is 4.98 Å². The summed E-state index contributed by atoms with van der Waals surface area (Å²) in [5, 5.41) is 0.750. The van der Waals surface area contributed by atoms with Gasteiger partial charge in [-0.15, -0.1) is 0 Å². The Morgan fingerprint density at radius 2 is 1.42 bits per heavy atom. The van der Waals surface area contributed by atoms with Crippen LogP contribution < -0.4 is 11.2 Å². The van der Waals surface area contributed by atoms with E-state index in [0.717, 1.165) is 22.0 Å². The average Bonchev–Trinajstić information content (AvgIpc) is 3.10. The van der Waals surface area contributed by atoms with Crippen molar-refractivity contribution in [3.8, 4) is 0 Å². The topological polar surface area (TPSA) is 61.8 Å². The molecule has 2 aromatic heterocycles. The predicted molar refractivity (Wildman–Crippen MR) is 126 cm³/mol. The lowest BCUT2D eigenvalue weighted by Gasteiger charge is -2.12. The summed E-state index contributed by atoms with van der Waals surface area (Å²) in [4.78, 5) is 31.6. The van der Waals surface area contributed by atoms with E-state index in [-0.39, 0.29) is 17.8 Å². The number of hydrogen-bond acceptors (Lipinski definition) is 4. The summed E-state index contributed by atoms with van der Waals surface area (Å²) in [7, 11) is 1.85. The standard InChI is InChI=1S/C24H26N4O2S/c1-17(2)16-31-23-25-21-20(26(23)3)22(29)28(15-19-12-8-5-9-13-19)24(30)27(21)14-18-10-6-4-7-11-18/h4-13,17H,14-16H2,1-3H3. The third kappa shape index (κ3) is 4.37. The van der Waals surface area contributed by atoms with Crippen LogP contribution in [0.25, 0.3) is 11.2 Å². The van der Waals surface area contributed by atoms with Gasteiger partial charge < -0.3 is 4.57 Å². The van der Waals surface area contributed by atoms with Crippen molar-refractivity contribution in [3.63, 3.8) is 0 Å². The molecule has 0 amide bonds. The molecular weight excluding hydrogens is 408 g/mol. The zero-order valence-corrected chi connectivity index (χ0v) is 18.8. The van der Waals surface area contributed by atoms with Gasteiger partial charge in [0.1, 0.15) is 0 Å². The van der Waals surface area contributed by atoms with E-state index in [0.29, 0.717) is 23.6 Å². The van der Waals surface area contributed by atoms with E-state index in [1.165, 1.54) is 4.57 Å². The molecule has 4 rings (SSSR count). The van der Waals surface area contributed by atoms with Crippen molar-refractivity contribution in [3.05, 3.63) is 92.6 Å². The highest BCUT2D eigenvalue weighted by Gasteiger charge is 2.21.